The number of benzene rings is 1. The number of alkyl halides is 2. The number of para-hydroxylation sites is 1. The van der Waals surface area contributed by atoms with Gasteiger partial charge in [0.25, 0.3) is 0 Å². The van der Waals surface area contributed by atoms with Gasteiger partial charge in [0.15, 0.2) is 0 Å². The molecule has 0 aromatic heterocycles. The monoisotopic (exact) mass is 217 g/mol. The minimum absolute atomic E-state index is 0.0450. The summed E-state index contributed by atoms with van der Waals surface area (Å²) < 4.78 is 0. The molecule has 2 nitrogen and oxygen atoms in total. The van der Waals surface area contributed by atoms with Gasteiger partial charge in [-0.3, -0.25) is 4.79 Å². The topological polar surface area (TPSA) is 29.1 Å². The van der Waals surface area contributed by atoms with Crippen molar-refractivity contribution in [1.82, 2.24) is 0 Å². The molecule has 1 aromatic rings. The molecule has 0 heterocycles. The third-order valence-corrected chi connectivity index (χ3v) is 2.09. The lowest BCUT2D eigenvalue weighted by Gasteiger charge is -2.06. The molecule has 0 aliphatic heterocycles. The predicted molar refractivity (Wildman–Crippen MR) is 55.3 cm³/mol. The normalized spacial score (nSPS) is 9.69. The lowest BCUT2D eigenvalue weighted by Crippen LogP contribution is -2.13. The van der Waals surface area contributed by atoms with Crippen molar-refractivity contribution in [3.63, 3.8) is 0 Å². The smallest absolute Gasteiger partial charge is 0.239 e. The third kappa shape index (κ3) is 2.90. The van der Waals surface area contributed by atoms with Crippen LogP contribution in [0.5, 0.6) is 0 Å². The predicted octanol–water partition coefficient (Wildman–Crippen LogP) is 2.60. The molecule has 1 rings (SSSR count). The average molecular weight is 218 g/mol. The average Bonchev–Trinajstić information content (AvgIpc) is 2.18. The third-order valence-electron chi connectivity index (χ3n) is 1.56. The molecule has 0 spiro atoms. The lowest BCUT2D eigenvalue weighted by atomic mass is 10.2. The fourth-order valence-corrected chi connectivity index (χ4v) is 1.24. The first-order valence-corrected chi connectivity index (χ1v) is 4.84. The molecule has 0 bridgehead atoms. The van der Waals surface area contributed by atoms with Gasteiger partial charge in [0.1, 0.15) is 5.88 Å². The maximum Gasteiger partial charge on any atom is 0.239 e. The summed E-state index contributed by atoms with van der Waals surface area (Å²) in [5.41, 5.74) is 1.62. The van der Waals surface area contributed by atoms with Crippen molar-refractivity contribution in [2.24, 2.45) is 0 Å². The van der Waals surface area contributed by atoms with E-state index in [9.17, 15) is 4.79 Å². The van der Waals surface area contributed by atoms with Crippen LogP contribution >= 0.6 is 23.2 Å². The summed E-state index contributed by atoms with van der Waals surface area (Å²) in [7, 11) is 0. The van der Waals surface area contributed by atoms with E-state index < -0.39 is 0 Å². The molecule has 0 atom stereocenters. The maximum atomic E-state index is 11.0. The maximum absolute atomic E-state index is 11.0. The number of anilines is 1. The summed E-state index contributed by atoms with van der Waals surface area (Å²) in [6.45, 7) is 0. The molecular weight excluding hydrogens is 209 g/mol. The Hall–Kier alpha value is -0.730. The Bertz CT molecular complexity index is 301. The molecule has 13 heavy (non-hydrogen) atoms. The first-order valence-electron chi connectivity index (χ1n) is 3.77. The van der Waals surface area contributed by atoms with Crippen LogP contribution in [0.3, 0.4) is 0 Å². The van der Waals surface area contributed by atoms with Crippen LogP contribution in [0.15, 0.2) is 24.3 Å². The van der Waals surface area contributed by atoms with Gasteiger partial charge in [0.05, 0.1) is 0 Å². The number of hydrogen-bond donors (Lipinski definition) is 1. The summed E-state index contributed by atoms with van der Waals surface area (Å²) >= 11 is 11.0. The molecule has 1 aromatic carbocycles. The van der Waals surface area contributed by atoms with Gasteiger partial charge in [0, 0.05) is 11.6 Å². The lowest BCUT2D eigenvalue weighted by molar-refractivity contribution is -0.113. The minimum atomic E-state index is -0.223. The highest BCUT2D eigenvalue weighted by molar-refractivity contribution is 6.29. The molecule has 0 radical (unpaired) electrons. The number of halogens is 2. The van der Waals surface area contributed by atoms with Gasteiger partial charge >= 0.3 is 0 Å². The van der Waals surface area contributed by atoms with E-state index in [4.69, 9.17) is 23.2 Å². The summed E-state index contributed by atoms with van der Waals surface area (Å²) in [6, 6.07) is 7.35. The van der Waals surface area contributed by atoms with Crippen LogP contribution in [0.25, 0.3) is 0 Å². The molecule has 0 aliphatic carbocycles. The second-order valence-corrected chi connectivity index (χ2v) is 3.01. The standard InChI is InChI=1S/C9H9Cl2NO/c10-5-7-3-1-2-4-8(7)12-9(13)6-11/h1-4H,5-6H2,(H,12,13). The second kappa shape index (κ2) is 5.10. The number of carbonyl (C=O) groups excluding carboxylic acids is 1. The Labute approximate surface area is 86.8 Å². The summed E-state index contributed by atoms with van der Waals surface area (Å²) in [4.78, 5) is 11.0. The zero-order valence-electron chi connectivity index (χ0n) is 6.89. The molecule has 0 fully saturated rings. The van der Waals surface area contributed by atoms with Crippen molar-refractivity contribution in [2.45, 2.75) is 5.88 Å². The van der Waals surface area contributed by atoms with Crippen molar-refractivity contribution in [3.05, 3.63) is 29.8 Å². The fourth-order valence-electron chi connectivity index (χ4n) is 0.942. The first-order chi connectivity index (χ1) is 6.27. The van der Waals surface area contributed by atoms with Gasteiger partial charge in [-0.2, -0.15) is 0 Å². The van der Waals surface area contributed by atoms with E-state index in [1.54, 1.807) is 6.07 Å². The molecule has 0 saturated heterocycles. The number of nitrogens with one attached hydrogen (secondary N) is 1. The largest absolute Gasteiger partial charge is 0.325 e. The van der Waals surface area contributed by atoms with E-state index in [1.807, 2.05) is 18.2 Å². The highest BCUT2D eigenvalue weighted by Gasteiger charge is 2.03. The number of carbonyl (C=O) groups is 1. The zero-order valence-corrected chi connectivity index (χ0v) is 8.40. The van der Waals surface area contributed by atoms with Crippen LogP contribution in [-0.2, 0) is 10.7 Å². The molecule has 1 N–H and O–H groups in total. The van der Waals surface area contributed by atoms with Crippen molar-refractivity contribution in [3.8, 4) is 0 Å². The fraction of sp³-hybridized carbons (Fsp3) is 0.222. The zero-order chi connectivity index (χ0) is 9.68. The number of rotatable bonds is 3. The molecule has 0 unspecified atom stereocenters. The van der Waals surface area contributed by atoms with Crippen LogP contribution in [0, 0.1) is 0 Å². The highest BCUT2D eigenvalue weighted by atomic mass is 35.5. The van der Waals surface area contributed by atoms with Crippen molar-refractivity contribution in [1.29, 1.82) is 0 Å². The van der Waals surface area contributed by atoms with Gasteiger partial charge in [0.2, 0.25) is 5.91 Å². The van der Waals surface area contributed by atoms with E-state index in [2.05, 4.69) is 5.32 Å². The molecule has 0 aliphatic rings. The van der Waals surface area contributed by atoms with E-state index in [-0.39, 0.29) is 11.8 Å². The van der Waals surface area contributed by atoms with Gasteiger partial charge < -0.3 is 5.32 Å². The molecular formula is C9H9Cl2NO. The van der Waals surface area contributed by atoms with Crippen LogP contribution in [0.1, 0.15) is 5.56 Å². The van der Waals surface area contributed by atoms with Crippen molar-refractivity contribution >= 4 is 34.8 Å². The van der Waals surface area contributed by atoms with Crippen LogP contribution in [0.4, 0.5) is 5.69 Å². The minimum Gasteiger partial charge on any atom is -0.325 e. The number of hydrogen-bond acceptors (Lipinski definition) is 1. The van der Waals surface area contributed by atoms with E-state index in [0.29, 0.717) is 5.88 Å². The van der Waals surface area contributed by atoms with Gasteiger partial charge in [-0.25, -0.2) is 0 Å². The quantitative estimate of drug-likeness (QED) is 0.776. The second-order valence-electron chi connectivity index (χ2n) is 2.47. The first kappa shape index (κ1) is 10.4. The van der Waals surface area contributed by atoms with Gasteiger partial charge in [-0.05, 0) is 11.6 Å². The van der Waals surface area contributed by atoms with Crippen LogP contribution < -0.4 is 5.32 Å². The Morgan fingerprint density at radius 3 is 2.62 bits per heavy atom. The van der Waals surface area contributed by atoms with Crippen molar-refractivity contribution in [2.75, 3.05) is 11.2 Å². The van der Waals surface area contributed by atoms with E-state index >= 15 is 0 Å². The Morgan fingerprint density at radius 1 is 1.31 bits per heavy atom. The molecule has 0 saturated carbocycles. The van der Waals surface area contributed by atoms with Gasteiger partial charge in [-0.1, -0.05) is 18.2 Å². The summed E-state index contributed by atoms with van der Waals surface area (Å²) in [6.07, 6.45) is 0. The van der Waals surface area contributed by atoms with Crippen LogP contribution in [0.2, 0.25) is 0 Å². The summed E-state index contributed by atoms with van der Waals surface area (Å²) in [5.74, 6) is 0.106. The van der Waals surface area contributed by atoms with Crippen molar-refractivity contribution < 1.29 is 4.79 Å². The molecule has 1 amide bonds. The number of amides is 1. The van der Waals surface area contributed by atoms with Crippen LogP contribution in [-0.4, -0.2) is 11.8 Å². The molecule has 4 heteroatoms. The molecule has 70 valence electrons. The SMILES string of the molecule is O=C(CCl)Nc1ccccc1CCl. The summed E-state index contributed by atoms with van der Waals surface area (Å²) in [5, 5.41) is 2.66. The van der Waals surface area contributed by atoms with E-state index in [0.717, 1.165) is 11.3 Å². The van der Waals surface area contributed by atoms with Gasteiger partial charge in [-0.15, -0.1) is 23.2 Å². The van der Waals surface area contributed by atoms with E-state index in [1.165, 1.54) is 0 Å². The Morgan fingerprint density at radius 2 is 2.00 bits per heavy atom. The highest BCUT2D eigenvalue weighted by Crippen LogP contribution is 2.16. The Kier molecular flexibility index (Phi) is 4.06. The Balaban J connectivity index is 2.81.